The normalized spacial score (nSPS) is 19.7. The number of aliphatic imine (C=N–C) groups is 1. The molecule has 6 nitrogen and oxygen atoms in total. The van der Waals surface area contributed by atoms with Gasteiger partial charge in [0, 0.05) is 38.8 Å². The van der Waals surface area contributed by atoms with Crippen LogP contribution in [-0.2, 0) is 4.79 Å². The zero-order chi connectivity index (χ0) is 20.0. The van der Waals surface area contributed by atoms with E-state index in [1.54, 1.807) is 0 Å². The van der Waals surface area contributed by atoms with Crippen LogP contribution in [0.1, 0.15) is 78.1 Å². The van der Waals surface area contributed by atoms with Crippen molar-refractivity contribution in [2.75, 3.05) is 39.3 Å². The summed E-state index contributed by atoms with van der Waals surface area (Å²) in [6, 6.07) is 0.450. The molecule has 3 N–H and O–H groups in total. The molecule has 0 radical (unpaired) electrons. The van der Waals surface area contributed by atoms with Gasteiger partial charge in [0.25, 0.3) is 0 Å². The molecule has 0 unspecified atom stereocenters. The van der Waals surface area contributed by atoms with E-state index in [2.05, 4.69) is 34.7 Å². The highest BCUT2D eigenvalue weighted by molar-refractivity contribution is 5.80. The number of carbonyl (C=O) groups is 1. The van der Waals surface area contributed by atoms with E-state index in [-0.39, 0.29) is 5.91 Å². The van der Waals surface area contributed by atoms with Gasteiger partial charge in [-0.05, 0) is 38.5 Å². The molecule has 28 heavy (non-hydrogen) atoms. The second-order valence-electron chi connectivity index (χ2n) is 8.45. The molecule has 0 spiro atoms. The van der Waals surface area contributed by atoms with E-state index in [0.29, 0.717) is 12.6 Å². The summed E-state index contributed by atoms with van der Waals surface area (Å²) in [4.78, 5) is 18.9. The predicted octanol–water partition coefficient (Wildman–Crippen LogP) is 2.89. The lowest BCUT2D eigenvalue weighted by atomic mass is 10.0. The maximum atomic E-state index is 11.9. The highest BCUT2D eigenvalue weighted by atomic mass is 16.2. The molecule has 162 valence electrons. The Bertz CT molecular complexity index is 454. The van der Waals surface area contributed by atoms with E-state index in [4.69, 9.17) is 4.99 Å². The van der Waals surface area contributed by atoms with Crippen LogP contribution in [0.4, 0.5) is 0 Å². The Kier molecular flexibility index (Phi) is 11.3. The van der Waals surface area contributed by atoms with Gasteiger partial charge >= 0.3 is 0 Å². The van der Waals surface area contributed by atoms with Crippen LogP contribution in [-0.4, -0.2) is 62.1 Å². The van der Waals surface area contributed by atoms with Crippen molar-refractivity contribution in [2.24, 2.45) is 10.9 Å². The van der Waals surface area contributed by atoms with Crippen molar-refractivity contribution < 1.29 is 4.79 Å². The van der Waals surface area contributed by atoms with Crippen molar-refractivity contribution in [3.63, 3.8) is 0 Å². The molecule has 0 bridgehead atoms. The SMILES string of the molecule is CCCNC(=O)CN1CCC(NC(=NCCCCC2CCCC2)NCC)CC1. The Balaban J connectivity index is 1.62. The minimum atomic E-state index is 0.153. The second-order valence-corrected chi connectivity index (χ2v) is 8.45. The van der Waals surface area contributed by atoms with Gasteiger partial charge in [0.15, 0.2) is 5.96 Å². The Morgan fingerprint density at radius 1 is 1.04 bits per heavy atom. The Morgan fingerprint density at radius 3 is 2.46 bits per heavy atom. The summed E-state index contributed by atoms with van der Waals surface area (Å²) in [5.41, 5.74) is 0. The van der Waals surface area contributed by atoms with Crippen LogP contribution < -0.4 is 16.0 Å². The van der Waals surface area contributed by atoms with Gasteiger partial charge < -0.3 is 16.0 Å². The molecule has 1 aliphatic carbocycles. The third kappa shape index (κ3) is 9.26. The summed E-state index contributed by atoms with van der Waals surface area (Å²) >= 11 is 0. The van der Waals surface area contributed by atoms with E-state index < -0.39 is 0 Å². The molecule has 1 aliphatic heterocycles. The number of piperidine rings is 1. The van der Waals surface area contributed by atoms with Crippen LogP contribution >= 0.6 is 0 Å². The third-order valence-electron chi connectivity index (χ3n) is 5.98. The highest BCUT2D eigenvalue weighted by Gasteiger charge is 2.21. The molecule has 2 fully saturated rings. The van der Waals surface area contributed by atoms with E-state index in [1.807, 2.05) is 0 Å². The van der Waals surface area contributed by atoms with Crippen LogP contribution in [0.2, 0.25) is 0 Å². The van der Waals surface area contributed by atoms with Gasteiger partial charge in [0.2, 0.25) is 5.91 Å². The highest BCUT2D eigenvalue weighted by Crippen LogP contribution is 2.28. The van der Waals surface area contributed by atoms with Gasteiger partial charge in [0.05, 0.1) is 6.54 Å². The molecule has 2 rings (SSSR count). The largest absolute Gasteiger partial charge is 0.357 e. The number of likely N-dealkylation sites (tertiary alicyclic amines) is 1. The lowest BCUT2D eigenvalue weighted by Crippen LogP contribution is -2.50. The van der Waals surface area contributed by atoms with Crippen molar-refractivity contribution in [2.45, 2.75) is 84.1 Å². The lowest BCUT2D eigenvalue weighted by molar-refractivity contribution is -0.122. The fourth-order valence-corrected chi connectivity index (χ4v) is 4.31. The Labute approximate surface area is 172 Å². The molecule has 0 atom stereocenters. The van der Waals surface area contributed by atoms with Crippen LogP contribution in [0, 0.1) is 5.92 Å². The van der Waals surface area contributed by atoms with Gasteiger partial charge in [-0.25, -0.2) is 0 Å². The molecular weight excluding hydrogens is 350 g/mol. The van der Waals surface area contributed by atoms with Crippen molar-refractivity contribution in [1.29, 1.82) is 0 Å². The van der Waals surface area contributed by atoms with E-state index >= 15 is 0 Å². The van der Waals surface area contributed by atoms with E-state index in [0.717, 1.165) is 63.9 Å². The van der Waals surface area contributed by atoms with Gasteiger partial charge in [-0.3, -0.25) is 14.7 Å². The molecule has 1 saturated heterocycles. The Morgan fingerprint density at radius 2 is 1.79 bits per heavy atom. The predicted molar refractivity (Wildman–Crippen MR) is 118 cm³/mol. The topological polar surface area (TPSA) is 68.8 Å². The van der Waals surface area contributed by atoms with Crippen molar-refractivity contribution in [3.05, 3.63) is 0 Å². The zero-order valence-corrected chi connectivity index (χ0v) is 18.3. The summed E-state index contributed by atoms with van der Waals surface area (Å²) in [6.07, 6.45) is 12.8. The van der Waals surface area contributed by atoms with Gasteiger partial charge in [-0.15, -0.1) is 0 Å². The summed E-state index contributed by atoms with van der Waals surface area (Å²) < 4.78 is 0. The molecule has 1 heterocycles. The minimum absolute atomic E-state index is 0.153. The molecule has 1 saturated carbocycles. The number of nitrogens with one attached hydrogen (secondary N) is 3. The average molecular weight is 394 g/mol. The average Bonchev–Trinajstić information content (AvgIpc) is 3.21. The fourth-order valence-electron chi connectivity index (χ4n) is 4.31. The number of rotatable bonds is 11. The Hall–Kier alpha value is -1.30. The van der Waals surface area contributed by atoms with Gasteiger partial charge in [0.1, 0.15) is 0 Å². The van der Waals surface area contributed by atoms with Gasteiger partial charge in [-0.1, -0.05) is 45.4 Å². The van der Waals surface area contributed by atoms with Crippen LogP contribution in [0.15, 0.2) is 4.99 Å². The third-order valence-corrected chi connectivity index (χ3v) is 5.98. The van der Waals surface area contributed by atoms with Crippen molar-refractivity contribution >= 4 is 11.9 Å². The number of amides is 1. The van der Waals surface area contributed by atoms with Crippen molar-refractivity contribution in [3.8, 4) is 0 Å². The first-order valence-electron chi connectivity index (χ1n) is 11.7. The van der Waals surface area contributed by atoms with E-state index in [1.165, 1.54) is 44.9 Å². The lowest BCUT2D eigenvalue weighted by Gasteiger charge is -2.32. The van der Waals surface area contributed by atoms with Crippen LogP contribution in [0.3, 0.4) is 0 Å². The van der Waals surface area contributed by atoms with Crippen LogP contribution in [0.5, 0.6) is 0 Å². The molecule has 6 heteroatoms. The molecule has 0 aromatic rings. The monoisotopic (exact) mass is 393 g/mol. The minimum Gasteiger partial charge on any atom is -0.357 e. The number of nitrogens with zero attached hydrogens (tertiary/aromatic N) is 2. The summed E-state index contributed by atoms with van der Waals surface area (Å²) in [7, 11) is 0. The number of unbranched alkanes of at least 4 members (excludes halogenated alkanes) is 1. The maximum absolute atomic E-state index is 11.9. The molecular formula is C22H43N5O. The first-order valence-corrected chi connectivity index (χ1v) is 11.7. The van der Waals surface area contributed by atoms with E-state index in [9.17, 15) is 4.79 Å². The first kappa shape index (κ1) is 23.0. The first-order chi connectivity index (χ1) is 13.7. The summed E-state index contributed by atoms with van der Waals surface area (Å²) in [5, 5.41) is 9.96. The molecule has 1 amide bonds. The fraction of sp³-hybridized carbons (Fsp3) is 0.909. The quantitative estimate of drug-likeness (QED) is 0.287. The smallest absolute Gasteiger partial charge is 0.234 e. The maximum Gasteiger partial charge on any atom is 0.234 e. The summed E-state index contributed by atoms with van der Waals surface area (Å²) in [5.74, 6) is 2.10. The zero-order valence-electron chi connectivity index (χ0n) is 18.3. The number of carbonyl (C=O) groups excluding carboxylic acids is 1. The van der Waals surface area contributed by atoms with Gasteiger partial charge in [-0.2, -0.15) is 0 Å². The summed E-state index contributed by atoms with van der Waals surface area (Å²) in [6.45, 7) is 9.26. The standard InChI is InChI=1S/C22H43N5O/c1-3-14-24-21(28)18-27-16-12-20(13-17-27)26-22(23-4-2)25-15-8-7-11-19-9-5-6-10-19/h19-20H,3-18H2,1-2H3,(H,24,28)(H2,23,25,26). The number of guanidine groups is 1. The van der Waals surface area contributed by atoms with Crippen LogP contribution in [0.25, 0.3) is 0 Å². The van der Waals surface area contributed by atoms with Crippen molar-refractivity contribution in [1.82, 2.24) is 20.9 Å². The molecule has 0 aromatic carbocycles. The molecule has 0 aromatic heterocycles. The molecule has 2 aliphatic rings. The second kappa shape index (κ2) is 13.8. The number of hydrogen-bond donors (Lipinski definition) is 3. The number of hydrogen-bond acceptors (Lipinski definition) is 3.